The van der Waals surface area contributed by atoms with E-state index in [9.17, 15) is 14.7 Å². The van der Waals surface area contributed by atoms with Gasteiger partial charge in [-0.05, 0) is 37.9 Å². The number of carboxylic acids is 1. The zero-order chi connectivity index (χ0) is 15.2. The lowest BCUT2D eigenvalue weighted by Gasteiger charge is -2.35. The first-order valence-corrected chi connectivity index (χ1v) is 8.46. The molecule has 3 N–H and O–H groups in total. The summed E-state index contributed by atoms with van der Waals surface area (Å²) in [6, 6.07) is -0.273. The van der Waals surface area contributed by atoms with Crippen LogP contribution in [0.5, 0.6) is 0 Å². The normalized spacial score (nSPS) is 27.6. The van der Waals surface area contributed by atoms with E-state index in [0.29, 0.717) is 30.6 Å². The van der Waals surface area contributed by atoms with E-state index < -0.39 is 11.4 Å². The summed E-state index contributed by atoms with van der Waals surface area (Å²) < 4.78 is 0. The van der Waals surface area contributed by atoms with Gasteiger partial charge in [-0.3, -0.25) is 4.79 Å². The number of amides is 2. The molecule has 0 bridgehead atoms. The van der Waals surface area contributed by atoms with Crippen molar-refractivity contribution in [2.75, 3.05) is 19.3 Å². The number of carbonyl (C=O) groups is 2. The fraction of sp³-hybridized carbons (Fsp3) is 0.857. The van der Waals surface area contributed by atoms with Crippen LogP contribution in [-0.2, 0) is 4.79 Å². The number of carbonyl (C=O) groups excluding carboxylic acids is 1. The fourth-order valence-corrected chi connectivity index (χ4v) is 2.66. The minimum Gasteiger partial charge on any atom is -0.481 e. The fourth-order valence-electron chi connectivity index (χ4n) is 2.41. The third-order valence-electron chi connectivity index (χ3n) is 4.22. The van der Waals surface area contributed by atoms with Crippen LogP contribution < -0.4 is 10.6 Å². The predicted molar refractivity (Wildman–Crippen MR) is 82.1 cm³/mol. The minimum atomic E-state index is -0.790. The van der Waals surface area contributed by atoms with E-state index in [1.165, 1.54) is 0 Å². The Labute approximate surface area is 125 Å². The molecule has 1 rings (SSSR count). The van der Waals surface area contributed by atoms with Gasteiger partial charge in [0.05, 0.1) is 5.41 Å². The van der Waals surface area contributed by atoms with Crippen LogP contribution in [0.3, 0.4) is 0 Å². The van der Waals surface area contributed by atoms with Gasteiger partial charge < -0.3 is 15.7 Å². The van der Waals surface area contributed by atoms with Gasteiger partial charge in [0.2, 0.25) is 0 Å². The van der Waals surface area contributed by atoms with Gasteiger partial charge in [0, 0.05) is 18.3 Å². The van der Waals surface area contributed by atoms with Gasteiger partial charge in [-0.15, -0.1) is 0 Å². The average molecular weight is 302 g/mol. The summed E-state index contributed by atoms with van der Waals surface area (Å²) in [6.07, 6.45) is 5.11. The Bertz CT molecular complexity index is 341. The van der Waals surface area contributed by atoms with E-state index in [0.717, 1.165) is 12.8 Å². The predicted octanol–water partition coefficient (Wildman–Crippen LogP) is 2.32. The van der Waals surface area contributed by atoms with Crippen molar-refractivity contribution < 1.29 is 14.7 Å². The van der Waals surface area contributed by atoms with Crippen molar-refractivity contribution in [3.8, 4) is 0 Å². The molecular weight excluding hydrogens is 276 g/mol. The quantitative estimate of drug-likeness (QED) is 0.703. The number of rotatable bonds is 6. The Morgan fingerprint density at radius 2 is 1.95 bits per heavy atom. The van der Waals surface area contributed by atoms with Crippen LogP contribution in [0, 0.1) is 11.3 Å². The molecule has 0 aromatic carbocycles. The van der Waals surface area contributed by atoms with Crippen molar-refractivity contribution in [2.24, 2.45) is 11.3 Å². The summed E-state index contributed by atoms with van der Waals surface area (Å²) in [5.41, 5.74) is -0.783. The molecule has 0 heterocycles. The van der Waals surface area contributed by atoms with Gasteiger partial charge in [-0.25, -0.2) is 4.79 Å². The number of carboxylic acid groups (broad SMARTS) is 1. The van der Waals surface area contributed by atoms with E-state index in [-0.39, 0.29) is 12.6 Å². The van der Waals surface area contributed by atoms with Gasteiger partial charge in [0.15, 0.2) is 0 Å². The summed E-state index contributed by atoms with van der Waals surface area (Å²) in [6.45, 7) is 4.99. The molecule has 1 saturated carbocycles. The zero-order valence-electron chi connectivity index (χ0n) is 12.6. The maximum Gasteiger partial charge on any atom is 0.314 e. The monoisotopic (exact) mass is 302 g/mol. The summed E-state index contributed by atoms with van der Waals surface area (Å²) in [5, 5.41) is 15.3. The summed E-state index contributed by atoms with van der Waals surface area (Å²) in [4.78, 5) is 23.2. The third-order valence-corrected chi connectivity index (χ3v) is 5.20. The maximum atomic E-state index is 11.7. The average Bonchev–Trinajstić information content (AvgIpc) is 2.44. The molecule has 0 aromatic rings. The molecule has 0 radical (unpaired) electrons. The second-order valence-electron chi connectivity index (χ2n) is 5.88. The largest absolute Gasteiger partial charge is 0.481 e. The van der Waals surface area contributed by atoms with Gasteiger partial charge in [-0.1, -0.05) is 13.8 Å². The minimum absolute atomic E-state index is 0.217. The molecular formula is C14H26N2O3S. The number of hydrogen-bond donors (Lipinski definition) is 3. The second kappa shape index (κ2) is 7.76. The Morgan fingerprint density at radius 3 is 2.45 bits per heavy atom. The summed E-state index contributed by atoms with van der Waals surface area (Å²) >= 11 is 1.68. The number of nitrogens with one attached hydrogen (secondary N) is 2. The van der Waals surface area contributed by atoms with E-state index >= 15 is 0 Å². The first-order chi connectivity index (χ1) is 9.39. The lowest BCUT2D eigenvalue weighted by atomic mass is 9.71. The van der Waals surface area contributed by atoms with E-state index in [1.54, 1.807) is 11.8 Å². The Balaban J connectivity index is 2.43. The molecule has 1 unspecified atom stereocenters. The van der Waals surface area contributed by atoms with Crippen LogP contribution in [0.15, 0.2) is 0 Å². The van der Waals surface area contributed by atoms with E-state index in [1.807, 2.05) is 13.2 Å². The van der Waals surface area contributed by atoms with Crippen LogP contribution in [0.1, 0.15) is 39.5 Å². The first kappa shape index (κ1) is 17.1. The van der Waals surface area contributed by atoms with Gasteiger partial charge >= 0.3 is 12.0 Å². The number of urea groups is 1. The molecule has 6 heteroatoms. The van der Waals surface area contributed by atoms with Crippen LogP contribution >= 0.6 is 11.8 Å². The Morgan fingerprint density at radius 1 is 1.35 bits per heavy atom. The molecule has 20 heavy (non-hydrogen) atoms. The third kappa shape index (κ3) is 4.89. The topological polar surface area (TPSA) is 78.4 Å². The number of aliphatic carboxylic acids is 1. The molecule has 1 aliphatic carbocycles. The van der Waals surface area contributed by atoms with E-state index in [2.05, 4.69) is 17.6 Å². The molecule has 1 fully saturated rings. The van der Waals surface area contributed by atoms with Crippen molar-refractivity contribution in [2.45, 2.75) is 44.8 Å². The summed E-state index contributed by atoms with van der Waals surface area (Å²) in [7, 11) is 0. The van der Waals surface area contributed by atoms with Crippen LogP contribution in [0.25, 0.3) is 0 Å². The standard InChI is InChI=1S/C14H26N2O3S/c1-10-4-6-14(7-5-10,12(17)18)9-16-13(19)15-8-11(2)20-3/h10-11H,4-9H2,1-3H3,(H,17,18)(H2,15,16,19). The van der Waals surface area contributed by atoms with Gasteiger partial charge in [-0.2, -0.15) is 11.8 Å². The Hall–Kier alpha value is -0.910. The SMILES string of the molecule is CSC(C)CNC(=O)NCC1(C(=O)O)CCC(C)CC1. The zero-order valence-corrected chi connectivity index (χ0v) is 13.4. The molecule has 0 aliphatic heterocycles. The van der Waals surface area contributed by atoms with E-state index in [4.69, 9.17) is 0 Å². The molecule has 116 valence electrons. The van der Waals surface area contributed by atoms with Gasteiger partial charge in [0.1, 0.15) is 0 Å². The second-order valence-corrected chi connectivity index (χ2v) is 7.15. The van der Waals surface area contributed by atoms with Crippen molar-refractivity contribution in [3.05, 3.63) is 0 Å². The number of hydrogen-bond acceptors (Lipinski definition) is 3. The molecule has 1 aliphatic rings. The maximum absolute atomic E-state index is 11.7. The van der Waals surface area contributed by atoms with Crippen molar-refractivity contribution in [3.63, 3.8) is 0 Å². The van der Waals surface area contributed by atoms with Crippen molar-refractivity contribution >= 4 is 23.8 Å². The highest BCUT2D eigenvalue weighted by Gasteiger charge is 2.41. The highest BCUT2D eigenvalue weighted by Crippen LogP contribution is 2.38. The van der Waals surface area contributed by atoms with Crippen molar-refractivity contribution in [1.29, 1.82) is 0 Å². The highest BCUT2D eigenvalue weighted by molar-refractivity contribution is 7.99. The Kier molecular flexibility index (Phi) is 6.65. The van der Waals surface area contributed by atoms with Crippen LogP contribution in [0.4, 0.5) is 4.79 Å². The molecule has 0 saturated heterocycles. The van der Waals surface area contributed by atoms with Crippen LogP contribution in [0.2, 0.25) is 0 Å². The molecule has 0 aromatic heterocycles. The first-order valence-electron chi connectivity index (χ1n) is 7.17. The number of thioether (sulfide) groups is 1. The lowest BCUT2D eigenvalue weighted by molar-refractivity contribution is -0.151. The lowest BCUT2D eigenvalue weighted by Crippen LogP contribution is -2.48. The molecule has 1 atom stereocenters. The molecule has 0 spiro atoms. The van der Waals surface area contributed by atoms with Gasteiger partial charge in [0.25, 0.3) is 0 Å². The van der Waals surface area contributed by atoms with Crippen molar-refractivity contribution in [1.82, 2.24) is 10.6 Å². The van der Waals surface area contributed by atoms with Crippen LogP contribution in [-0.4, -0.2) is 41.7 Å². The summed E-state index contributed by atoms with van der Waals surface area (Å²) in [5.74, 6) is -0.207. The highest BCUT2D eigenvalue weighted by atomic mass is 32.2. The molecule has 2 amide bonds. The molecule has 5 nitrogen and oxygen atoms in total. The smallest absolute Gasteiger partial charge is 0.314 e.